The van der Waals surface area contributed by atoms with Crippen molar-refractivity contribution in [3.8, 4) is 17.3 Å². The average molecular weight is 779 g/mol. The third-order valence-corrected chi connectivity index (χ3v) is 12.3. The van der Waals surface area contributed by atoms with E-state index in [2.05, 4.69) is 51.0 Å². The van der Waals surface area contributed by atoms with Crippen molar-refractivity contribution < 1.29 is 31.0 Å². The molecule has 3 saturated heterocycles. The van der Waals surface area contributed by atoms with Crippen LogP contribution in [0.2, 0.25) is 25.7 Å². The molecule has 0 radical (unpaired) electrons. The molecule has 3 aromatic rings. The zero-order chi connectivity index (χ0) is 37.8. The van der Waals surface area contributed by atoms with E-state index in [1.165, 1.54) is 50.9 Å². The van der Waals surface area contributed by atoms with Gasteiger partial charge in [0.15, 0.2) is 11.5 Å². The van der Waals surface area contributed by atoms with E-state index in [4.69, 9.17) is 14.2 Å². The third kappa shape index (κ3) is 12.5. The highest BCUT2D eigenvalue weighted by Gasteiger charge is 2.33. The number of piperidine rings is 1. The smallest absolute Gasteiger partial charge is 0.248 e. The first-order valence-corrected chi connectivity index (χ1v) is 25.4. The standard InChI is InChI=1S/C24H34N8O5S2Si.2C5H10O/c1-38(33,34)24-28-13-19(22(30-24)32(39(2,35)36)18-7-6-8-26-12-18)20-14-27-23-21(29-20)17(11-25)15-31(23)16-37-9-10-40(3,4)5;2*1-2-4-6-5-3-1/h13-15,18,26H,6-10,12,16H2,1-5H3;2*1-5H2/t18-;;/m0../s1. The van der Waals surface area contributed by atoms with Gasteiger partial charge in [0.05, 0.1) is 35.3 Å². The number of hydrogen-bond donors (Lipinski definition) is 1. The van der Waals surface area contributed by atoms with E-state index in [0.29, 0.717) is 30.7 Å². The summed E-state index contributed by atoms with van der Waals surface area (Å²) in [5.41, 5.74) is 1.39. The Morgan fingerprint density at radius 2 is 1.62 bits per heavy atom. The molecule has 0 amide bonds. The summed E-state index contributed by atoms with van der Waals surface area (Å²) in [7, 11) is -9.01. The number of fused-ring (bicyclic) bond motifs is 1. The maximum atomic E-state index is 13.1. The van der Waals surface area contributed by atoms with Crippen LogP contribution in [0.4, 0.5) is 5.82 Å². The van der Waals surface area contributed by atoms with Crippen LogP contribution in [0.25, 0.3) is 22.4 Å². The molecule has 0 saturated carbocycles. The lowest BCUT2D eigenvalue weighted by Gasteiger charge is -2.34. The van der Waals surface area contributed by atoms with Crippen LogP contribution in [-0.2, 0) is 40.8 Å². The molecule has 3 fully saturated rings. The van der Waals surface area contributed by atoms with Gasteiger partial charge >= 0.3 is 0 Å². The number of nitrogens with one attached hydrogen (secondary N) is 1. The molecule has 52 heavy (non-hydrogen) atoms. The van der Waals surface area contributed by atoms with E-state index in [0.717, 1.165) is 62.3 Å². The highest BCUT2D eigenvalue weighted by molar-refractivity contribution is 7.92. The quantitative estimate of drug-likeness (QED) is 0.174. The van der Waals surface area contributed by atoms with E-state index in [-0.39, 0.29) is 29.4 Å². The van der Waals surface area contributed by atoms with Crippen LogP contribution in [0.5, 0.6) is 0 Å². The van der Waals surface area contributed by atoms with E-state index in [1.54, 1.807) is 10.8 Å². The lowest BCUT2D eigenvalue weighted by Crippen LogP contribution is -2.49. The number of aromatic nitrogens is 5. The normalized spacial score (nSPS) is 18.3. The summed E-state index contributed by atoms with van der Waals surface area (Å²) >= 11 is 0. The second-order valence-electron chi connectivity index (χ2n) is 14.5. The maximum Gasteiger partial charge on any atom is 0.248 e. The monoisotopic (exact) mass is 778 g/mol. The molecule has 1 N–H and O–H groups in total. The second-order valence-corrected chi connectivity index (χ2v) is 23.9. The third-order valence-electron chi connectivity index (χ3n) is 8.59. The van der Waals surface area contributed by atoms with E-state index in [9.17, 15) is 22.1 Å². The molecule has 3 aliphatic heterocycles. The van der Waals surface area contributed by atoms with Crippen LogP contribution < -0.4 is 9.62 Å². The zero-order valence-electron chi connectivity index (χ0n) is 31.1. The van der Waals surface area contributed by atoms with Gasteiger partial charge in [0.2, 0.25) is 25.0 Å². The fourth-order valence-corrected chi connectivity index (χ4v) is 8.22. The van der Waals surface area contributed by atoms with Gasteiger partial charge in [-0.3, -0.25) is 0 Å². The lowest BCUT2D eigenvalue weighted by molar-refractivity contribution is 0.0898. The predicted octanol–water partition coefficient (Wildman–Crippen LogP) is 4.37. The predicted molar refractivity (Wildman–Crippen MR) is 203 cm³/mol. The Morgan fingerprint density at radius 1 is 0.962 bits per heavy atom. The van der Waals surface area contributed by atoms with E-state index < -0.39 is 39.1 Å². The molecule has 3 aliphatic rings. The summed E-state index contributed by atoms with van der Waals surface area (Å²) in [6.45, 7) is 12.7. The van der Waals surface area contributed by atoms with Crippen LogP contribution in [0, 0.1) is 11.3 Å². The summed E-state index contributed by atoms with van der Waals surface area (Å²) in [5, 5.41) is 12.5. The largest absolute Gasteiger partial charge is 0.381 e. The van der Waals surface area contributed by atoms with E-state index in [1.807, 2.05) is 0 Å². The Labute approximate surface area is 309 Å². The summed E-state index contributed by atoms with van der Waals surface area (Å²) < 4.78 is 69.6. The van der Waals surface area contributed by atoms with E-state index >= 15 is 0 Å². The van der Waals surface area contributed by atoms with Gasteiger partial charge in [-0.05, 0) is 64.0 Å². The van der Waals surface area contributed by atoms with Gasteiger partial charge in [0.25, 0.3) is 0 Å². The van der Waals surface area contributed by atoms with Crippen molar-refractivity contribution in [1.82, 2.24) is 29.8 Å². The van der Waals surface area contributed by atoms with Gasteiger partial charge in [-0.1, -0.05) is 19.6 Å². The molecule has 0 bridgehead atoms. The first-order chi connectivity index (χ1) is 24.7. The summed E-state index contributed by atoms with van der Waals surface area (Å²) in [5.74, 6) is -0.104. The number of nitriles is 1. The Bertz CT molecular complexity index is 1830. The molecule has 6 heterocycles. The average Bonchev–Trinajstić information content (AvgIpc) is 3.48. The van der Waals surface area contributed by atoms with Crippen LogP contribution in [0.1, 0.15) is 56.9 Å². The van der Waals surface area contributed by atoms with Gasteiger partial charge in [0, 0.05) is 66.3 Å². The zero-order valence-corrected chi connectivity index (χ0v) is 33.8. The minimum atomic E-state index is -3.90. The Balaban J connectivity index is 0.000000423. The maximum absolute atomic E-state index is 13.1. The Kier molecular flexibility index (Phi) is 15.5. The van der Waals surface area contributed by atoms with Crippen LogP contribution in [0.3, 0.4) is 0 Å². The molecule has 15 nitrogen and oxygen atoms in total. The van der Waals surface area contributed by atoms with Crippen LogP contribution >= 0.6 is 0 Å². The highest BCUT2D eigenvalue weighted by Crippen LogP contribution is 2.33. The SMILES string of the molecule is C1CCOCC1.C1CCOCC1.C[Si](C)(C)CCOCn1cc(C#N)c2nc(-c3cnc(S(C)(=O)=O)nc3N([C@H]3CCCNC3)S(C)(=O)=O)cnc21. The number of hydrogen-bond acceptors (Lipinski definition) is 13. The molecule has 18 heteroatoms. The van der Waals surface area contributed by atoms with Gasteiger partial charge in [-0.15, -0.1) is 0 Å². The van der Waals surface area contributed by atoms with Gasteiger partial charge in [-0.2, -0.15) is 10.2 Å². The fourth-order valence-electron chi connectivity index (χ4n) is 5.80. The lowest BCUT2D eigenvalue weighted by atomic mass is 10.1. The highest BCUT2D eigenvalue weighted by atomic mass is 32.2. The molecule has 3 aromatic heterocycles. The molecule has 0 unspecified atom stereocenters. The molecule has 288 valence electrons. The minimum absolute atomic E-state index is 0.104. The number of nitrogens with zero attached hydrogens (tertiary/aromatic N) is 7. The van der Waals surface area contributed by atoms with Crippen molar-refractivity contribution in [3.05, 3.63) is 24.2 Å². The van der Waals surface area contributed by atoms with Gasteiger partial charge < -0.3 is 24.1 Å². The van der Waals surface area contributed by atoms with Gasteiger partial charge in [-0.25, -0.2) is 36.1 Å². The minimum Gasteiger partial charge on any atom is -0.381 e. The number of anilines is 1. The number of sulfonamides is 1. The van der Waals surface area contributed by atoms with Crippen molar-refractivity contribution in [3.63, 3.8) is 0 Å². The summed E-state index contributed by atoms with van der Waals surface area (Å²) in [4.78, 5) is 17.4. The molecule has 0 aromatic carbocycles. The molecule has 0 aliphatic carbocycles. The topological polar surface area (TPSA) is 192 Å². The number of rotatable bonds is 10. The molecular formula is C34H54N8O7S2Si. The molecular weight excluding hydrogens is 725 g/mol. The molecule has 0 spiro atoms. The number of ether oxygens (including phenoxy) is 3. The molecule has 6 rings (SSSR count). The Morgan fingerprint density at radius 3 is 2.10 bits per heavy atom. The van der Waals surface area contributed by atoms with Crippen molar-refractivity contribution in [2.45, 2.75) is 95.0 Å². The number of sulfone groups is 1. The van der Waals surface area contributed by atoms with Crippen molar-refractivity contribution >= 4 is 44.9 Å². The summed E-state index contributed by atoms with van der Waals surface area (Å²) in [6, 6.07) is 2.63. The summed E-state index contributed by atoms with van der Waals surface area (Å²) in [6.07, 6.45) is 15.5. The first kappa shape index (κ1) is 41.7. The van der Waals surface area contributed by atoms with Crippen molar-refractivity contribution in [1.29, 1.82) is 5.26 Å². The Hall–Kier alpha value is -3.05. The van der Waals surface area contributed by atoms with Crippen LogP contribution in [0.15, 0.2) is 23.7 Å². The van der Waals surface area contributed by atoms with Gasteiger partial charge in [0.1, 0.15) is 18.3 Å². The molecule has 1 atom stereocenters. The first-order valence-electron chi connectivity index (χ1n) is 18.0. The van der Waals surface area contributed by atoms with Crippen molar-refractivity contribution in [2.75, 3.05) is 62.9 Å². The van der Waals surface area contributed by atoms with Crippen LogP contribution in [-0.4, -0.2) is 114 Å². The fraction of sp³-hybridized carbons (Fsp3) is 0.676. The van der Waals surface area contributed by atoms with Crippen molar-refractivity contribution in [2.24, 2.45) is 0 Å². The second kappa shape index (κ2) is 19.3.